The number of nitrogens with zero attached hydrogens (tertiary/aromatic N) is 1. The van der Waals surface area contributed by atoms with Crippen LogP contribution in [0.15, 0.2) is 35.1 Å². The van der Waals surface area contributed by atoms with Gasteiger partial charge in [-0.2, -0.15) is 0 Å². The smallest absolute Gasteiger partial charge is 0.164 e. The highest BCUT2D eigenvalue weighted by atomic mass is 79.9. The van der Waals surface area contributed by atoms with Crippen LogP contribution in [0.4, 0.5) is 0 Å². The molecule has 110 valence electrons. The van der Waals surface area contributed by atoms with Crippen LogP contribution in [0, 0.1) is 0 Å². The molecule has 1 aliphatic heterocycles. The molecule has 0 saturated heterocycles. The summed E-state index contributed by atoms with van der Waals surface area (Å²) in [6.45, 7) is 3.50. The number of ketones is 1. The number of fused-ring (bicyclic) bond motifs is 1. The largest absolute Gasteiger partial charge is 0.493 e. The summed E-state index contributed by atoms with van der Waals surface area (Å²) >= 11 is 3.56. The molecule has 1 aliphatic rings. The first kappa shape index (κ1) is 14.4. The number of hydrogen-bond acceptors (Lipinski definition) is 2. The Bertz CT molecular complexity index is 675. The zero-order chi connectivity index (χ0) is 14.8. The Kier molecular flexibility index (Phi) is 4.15. The highest BCUT2D eigenvalue weighted by Crippen LogP contribution is 2.33. The van der Waals surface area contributed by atoms with Crippen LogP contribution in [0.25, 0.3) is 0 Å². The molecule has 1 aromatic carbocycles. The second-order valence-electron chi connectivity index (χ2n) is 5.40. The zero-order valence-corrected chi connectivity index (χ0v) is 13.6. The highest BCUT2D eigenvalue weighted by Gasteiger charge is 2.18. The van der Waals surface area contributed by atoms with E-state index in [-0.39, 0.29) is 5.78 Å². The molecule has 0 amide bonds. The van der Waals surface area contributed by atoms with Gasteiger partial charge in [0.25, 0.3) is 0 Å². The molecule has 2 aromatic rings. The molecule has 1 aromatic heterocycles. The van der Waals surface area contributed by atoms with Gasteiger partial charge in [-0.05, 0) is 30.2 Å². The summed E-state index contributed by atoms with van der Waals surface area (Å²) in [5, 5.41) is 0. The molecule has 4 heteroatoms. The summed E-state index contributed by atoms with van der Waals surface area (Å²) in [7, 11) is 0. The molecule has 0 atom stereocenters. The number of halogens is 1. The van der Waals surface area contributed by atoms with Gasteiger partial charge in [-0.1, -0.05) is 22.9 Å². The lowest BCUT2D eigenvalue weighted by Gasteiger charge is -2.10. The van der Waals surface area contributed by atoms with Crippen molar-refractivity contribution < 1.29 is 9.53 Å². The molecule has 21 heavy (non-hydrogen) atoms. The standard InChI is InChI=1S/C17H18BrNO2/c1-2-3-16(20)13-4-6-19(10-13)11-14-9-15(18)8-12-5-7-21-17(12)14/h4,6,8-10H,2-3,5,7,11H2,1H3. The van der Waals surface area contributed by atoms with Gasteiger partial charge in [0.2, 0.25) is 0 Å². The normalized spacial score (nSPS) is 13.0. The summed E-state index contributed by atoms with van der Waals surface area (Å²) in [6, 6.07) is 6.12. The Hall–Kier alpha value is -1.55. The first-order valence-corrected chi connectivity index (χ1v) is 8.09. The Morgan fingerprint density at radius 3 is 3.10 bits per heavy atom. The van der Waals surface area contributed by atoms with Gasteiger partial charge in [-0.25, -0.2) is 0 Å². The van der Waals surface area contributed by atoms with E-state index in [1.807, 2.05) is 30.0 Å². The Morgan fingerprint density at radius 1 is 1.43 bits per heavy atom. The van der Waals surface area contributed by atoms with Crippen LogP contribution in [0.1, 0.15) is 41.3 Å². The Labute approximate surface area is 133 Å². The van der Waals surface area contributed by atoms with E-state index in [4.69, 9.17) is 4.74 Å². The third-order valence-corrected chi connectivity index (χ3v) is 4.19. The number of aromatic nitrogens is 1. The van der Waals surface area contributed by atoms with Gasteiger partial charge in [-0.15, -0.1) is 0 Å². The molecular weight excluding hydrogens is 330 g/mol. The van der Waals surface area contributed by atoms with Crippen LogP contribution >= 0.6 is 15.9 Å². The van der Waals surface area contributed by atoms with E-state index in [1.165, 1.54) is 5.56 Å². The second kappa shape index (κ2) is 6.06. The predicted molar refractivity (Wildman–Crippen MR) is 86.1 cm³/mol. The minimum atomic E-state index is 0.215. The van der Waals surface area contributed by atoms with Crippen LogP contribution in [0.5, 0.6) is 5.75 Å². The van der Waals surface area contributed by atoms with Crippen molar-refractivity contribution in [2.45, 2.75) is 32.7 Å². The fourth-order valence-electron chi connectivity index (χ4n) is 2.74. The van der Waals surface area contributed by atoms with E-state index in [9.17, 15) is 4.79 Å². The number of ether oxygens (including phenoxy) is 1. The van der Waals surface area contributed by atoms with Gasteiger partial charge >= 0.3 is 0 Å². The minimum Gasteiger partial charge on any atom is -0.493 e. The van der Waals surface area contributed by atoms with Gasteiger partial charge in [0.1, 0.15) is 5.75 Å². The first-order valence-electron chi connectivity index (χ1n) is 7.30. The van der Waals surface area contributed by atoms with E-state index in [0.29, 0.717) is 6.42 Å². The number of hydrogen-bond donors (Lipinski definition) is 0. The van der Waals surface area contributed by atoms with Crippen LogP contribution in [0.3, 0.4) is 0 Å². The molecular formula is C17H18BrNO2. The second-order valence-corrected chi connectivity index (χ2v) is 6.31. The van der Waals surface area contributed by atoms with Gasteiger partial charge in [0.05, 0.1) is 13.2 Å². The molecule has 0 spiro atoms. The number of Topliss-reactive ketones (excluding diaryl/α,β-unsaturated/α-hetero) is 1. The molecule has 3 nitrogen and oxygen atoms in total. The van der Waals surface area contributed by atoms with E-state index in [1.54, 1.807) is 0 Å². The lowest BCUT2D eigenvalue weighted by molar-refractivity contribution is 0.0981. The summed E-state index contributed by atoms with van der Waals surface area (Å²) in [6.07, 6.45) is 6.36. The van der Waals surface area contributed by atoms with E-state index in [2.05, 4.69) is 28.1 Å². The summed E-state index contributed by atoms with van der Waals surface area (Å²) in [4.78, 5) is 11.9. The molecule has 0 aliphatic carbocycles. The Morgan fingerprint density at radius 2 is 2.29 bits per heavy atom. The number of carbonyl (C=O) groups is 1. The molecule has 0 N–H and O–H groups in total. The first-order chi connectivity index (χ1) is 10.2. The maximum atomic E-state index is 11.9. The predicted octanol–water partition coefficient (Wildman–Crippen LogP) is 4.22. The highest BCUT2D eigenvalue weighted by molar-refractivity contribution is 9.10. The molecule has 0 fully saturated rings. The van der Waals surface area contributed by atoms with Crippen molar-refractivity contribution in [2.75, 3.05) is 6.61 Å². The lowest BCUT2D eigenvalue weighted by Crippen LogP contribution is -2.01. The topological polar surface area (TPSA) is 31.2 Å². The summed E-state index contributed by atoms with van der Waals surface area (Å²) < 4.78 is 8.88. The van der Waals surface area contributed by atoms with Crippen LogP contribution in [-0.2, 0) is 13.0 Å². The van der Waals surface area contributed by atoms with Crippen molar-refractivity contribution in [2.24, 2.45) is 0 Å². The van der Waals surface area contributed by atoms with Crippen molar-refractivity contribution >= 4 is 21.7 Å². The van der Waals surface area contributed by atoms with Crippen molar-refractivity contribution in [1.82, 2.24) is 4.57 Å². The number of carbonyl (C=O) groups excluding carboxylic acids is 1. The van der Waals surface area contributed by atoms with Crippen molar-refractivity contribution in [3.05, 3.63) is 51.8 Å². The quantitative estimate of drug-likeness (QED) is 0.758. The van der Waals surface area contributed by atoms with E-state index in [0.717, 1.165) is 47.3 Å². The van der Waals surface area contributed by atoms with Crippen molar-refractivity contribution in [1.29, 1.82) is 0 Å². The van der Waals surface area contributed by atoms with Crippen molar-refractivity contribution in [3.63, 3.8) is 0 Å². The fraction of sp³-hybridized carbons (Fsp3) is 0.353. The maximum Gasteiger partial charge on any atom is 0.164 e. The summed E-state index contributed by atoms with van der Waals surface area (Å²) in [5.74, 6) is 1.22. The third-order valence-electron chi connectivity index (χ3n) is 3.73. The third kappa shape index (κ3) is 3.05. The SMILES string of the molecule is CCCC(=O)c1ccn(Cc2cc(Br)cc3c2OCC3)c1. The van der Waals surface area contributed by atoms with E-state index >= 15 is 0 Å². The van der Waals surface area contributed by atoms with Crippen LogP contribution in [-0.4, -0.2) is 17.0 Å². The monoisotopic (exact) mass is 347 g/mol. The average Bonchev–Trinajstić information content (AvgIpc) is 3.07. The zero-order valence-electron chi connectivity index (χ0n) is 12.1. The van der Waals surface area contributed by atoms with Gasteiger partial charge < -0.3 is 9.30 Å². The minimum absolute atomic E-state index is 0.215. The van der Waals surface area contributed by atoms with Crippen LogP contribution in [0.2, 0.25) is 0 Å². The average molecular weight is 348 g/mol. The molecule has 0 radical (unpaired) electrons. The molecule has 0 unspecified atom stereocenters. The van der Waals surface area contributed by atoms with Crippen LogP contribution < -0.4 is 4.74 Å². The van der Waals surface area contributed by atoms with Gasteiger partial charge in [-0.3, -0.25) is 4.79 Å². The molecule has 0 saturated carbocycles. The summed E-state index contributed by atoms with van der Waals surface area (Å²) in [5.41, 5.74) is 3.21. The van der Waals surface area contributed by atoms with Gasteiger partial charge in [0.15, 0.2) is 5.78 Å². The lowest BCUT2D eigenvalue weighted by atomic mass is 10.1. The van der Waals surface area contributed by atoms with Crippen molar-refractivity contribution in [3.8, 4) is 5.75 Å². The number of benzene rings is 1. The Balaban J connectivity index is 1.83. The molecule has 0 bridgehead atoms. The maximum absolute atomic E-state index is 11.9. The molecule has 2 heterocycles. The molecule has 3 rings (SSSR count). The number of rotatable bonds is 5. The van der Waals surface area contributed by atoms with Gasteiger partial charge in [0, 0.05) is 40.8 Å². The van der Waals surface area contributed by atoms with E-state index < -0.39 is 0 Å². The fourth-order valence-corrected chi connectivity index (χ4v) is 3.29.